The van der Waals surface area contributed by atoms with Crippen LogP contribution in [0, 0.1) is 11.8 Å². The van der Waals surface area contributed by atoms with Crippen molar-refractivity contribution in [2.75, 3.05) is 13.6 Å². The van der Waals surface area contributed by atoms with Gasteiger partial charge in [-0.05, 0) is 36.3 Å². The third-order valence-corrected chi connectivity index (χ3v) is 4.74. The van der Waals surface area contributed by atoms with Crippen LogP contribution in [0.1, 0.15) is 6.42 Å². The largest absolute Gasteiger partial charge is 0.481 e. The molecule has 0 radical (unpaired) electrons. The SMILES string of the molecule is CN1C[C@H](C(=O)O)C=C2C3=CC=CC4=NC=C(C[C@H]21)C34. The quantitative estimate of drug-likeness (QED) is 0.788. The molecule has 4 rings (SSSR count). The fourth-order valence-electron chi connectivity index (χ4n) is 3.76. The van der Waals surface area contributed by atoms with E-state index in [9.17, 15) is 9.90 Å². The second-order valence-corrected chi connectivity index (χ2v) is 5.90. The van der Waals surface area contributed by atoms with Crippen LogP contribution in [0.15, 0.2) is 52.2 Å². The number of rotatable bonds is 1. The minimum atomic E-state index is -0.739. The van der Waals surface area contributed by atoms with E-state index < -0.39 is 11.9 Å². The summed E-state index contributed by atoms with van der Waals surface area (Å²) in [7, 11) is 2.02. The topological polar surface area (TPSA) is 52.9 Å². The van der Waals surface area contributed by atoms with Crippen LogP contribution < -0.4 is 0 Å². The van der Waals surface area contributed by atoms with E-state index in [1.807, 2.05) is 25.4 Å². The van der Waals surface area contributed by atoms with Gasteiger partial charge in [-0.15, -0.1) is 0 Å². The van der Waals surface area contributed by atoms with Crippen LogP contribution in [0.2, 0.25) is 0 Å². The Morgan fingerprint density at radius 1 is 1.45 bits per heavy atom. The monoisotopic (exact) mass is 268 g/mol. The first-order chi connectivity index (χ1) is 9.65. The van der Waals surface area contributed by atoms with Crippen molar-refractivity contribution in [3.63, 3.8) is 0 Å². The molecule has 3 atom stereocenters. The van der Waals surface area contributed by atoms with Crippen molar-refractivity contribution in [1.29, 1.82) is 0 Å². The number of hydrogen-bond donors (Lipinski definition) is 1. The number of allylic oxidation sites excluding steroid dienone is 3. The zero-order valence-electron chi connectivity index (χ0n) is 11.3. The van der Waals surface area contributed by atoms with E-state index in [2.05, 4.69) is 22.0 Å². The maximum Gasteiger partial charge on any atom is 0.311 e. The molecular weight excluding hydrogens is 252 g/mol. The normalized spacial score (nSPS) is 34.5. The van der Waals surface area contributed by atoms with Crippen molar-refractivity contribution in [3.8, 4) is 0 Å². The van der Waals surface area contributed by atoms with Gasteiger partial charge in [0.05, 0.1) is 11.6 Å². The first-order valence-corrected chi connectivity index (χ1v) is 6.95. The smallest absolute Gasteiger partial charge is 0.311 e. The van der Waals surface area contributed by atoms with E-state index >= 15 is 0 Å². The second kappa shape index (κ2) is 4.03. The number of aliphatic carboxylic acids is 1. The fourth-order valence-corrected chi connectivity index (χ4v) is 3.76. The Bertz CT molecular complexity index is 651. The molecule has 2 aliphatic heterocycles. The summed E-state index contributed by atoms with van der Waals surface area (Å²) in [5.74, 6) is -0.884. The Labute approximate surface area is 117 Å². The van der Waals surface area contributed by atoms with Crippen molar-refractivity contribution in [1.82, 2.24) is 4.90 Å². The van der Waals surface area contributed by atoms with Crippen molar-refractivity contribution in [3.05, 3.63) is 47.2 Å². The lowest BCUT2D eigenvalue weighted by Crippen LogP contribution is -2.46. The van der Waals surface area contributed by atoms with E-state index in [0.29, 0.717) is 12.6 Å². The Hall–Kier alpha value is -1.94. The van der Waals surface area contributed by atoms with E-state index in [1.54, 1.807) is 0 Å². The molecule has 2 heterocycles. The van der Waals surface area contributed by atoms with Crippen LogP contribution in [0.4, 0.5) is 0 Å². The zero-order valence-corrected chi connectivity index (χ0v) is 11.3. The van der Waals surface area contributed by atoms with Crippen molar-refractivity contribution >= 4 is 11.7 Å². The molecule has 4 heteroatoms. The molecule has 20 heavy (non-hydrogen) atoms. The summed E-state index contributed by atoms with van der Waals surface area (Å²) in [5.41, 5.74) is 4.88. The van der Waals surface area contributed by atoms with Crippen molar-refractivity contribution in [2.45, 2.75) is 12.5 Å². The molecule has 0 bridgehead atoms. The lowest BCUT2D eigenvalue weighted by atomic mass is 9.69. The average Bonchev–Trinajstić information content (AvgIpc) is 2.84. The van der Waals surface area contributed by atoms with Crippen LogP contribution in [0.3, 0.4) is 0 Å². The molecule has 0 spiro atoms. The summed E-state index contributed by atoms with van der Waals surface area (Å²) in [4.78, 5) is 18.0. The average molecular weight is 268 g/mol. The number of aliphatic imine (C=N–C) groups is 1. The van der Waals surface area contributed by atoms with Gasteiger partial charge in [0, 0.05) is 24.7 Å². The van der Waals surface area contributed by atoms with Crippen LogP contribution >= 0.6 is 0 Å². The summed E-state index contributed by atoms with van der Waals surface area (Å²) in [6.07, 6.45) is 11.1. The Balaban J connectivity index is 1.83. The molecule has 102 valence electrons. The Morgan fingerprint density at radius 3 is 3.10 bits per heavy atom. The summed E-state index contributed by atoms with van der Waals surface area (Å²) in [6, 6.07) is 0.292. The molecular formula is C16H16N2O2. The van der Waals surface area contributed by atoms with Gasteiger partial charge in [-0.1, -0.05) is 18.2 Å². The van der Waals surface area contributed by atoms with Gasteiger partial charge >= 0.3 is 5.97 Å². The maximum absolute atomic E-state index is 11.3. The molecule has 0 aromatic heterocycles. The Kier molecular flexibility index (Phi) is 2.39. The minimum Gasteiger partial charge on any atom is -0.481 e. The van der Waals surface area contributed by atoms with Gasteiger partial charge < -0.3 is 5.11 Å². The summed E-state index contributed by atoms with van der Waals surface area (Å²) in [5, 5.41) is 9.32. The van der Waals surface area contributed by atoms with Crippen LogP contribution in [-0.2, 0) is 4.79 Å². The fraction of sp³-hybridized carbons (Fsp3) is 0.375. The van der Waals surface area contributed by atoms with Crippen molar-refractivity contribution in [2.24, 2.45) is 16.8 Å². The van der Waals surface area contributed by atoms with Gasteiger partial charge in [-0.25, -0.2) is 0 Å². The molecule has 1 fully saturated rings. The van der Waals surface area contributed by atoms with Crippen LogP contribution in [-0.4, -0.2) is 41.3 Å². The lowest BCUT2D eigenvalue weighted by Gasteiger charge is -2.43. The molecule has 0 saturated heterocycles. The highest BCUT2D eigenvalue weighted by Crippen LogP contribution is 2.46. The highest BCUT2D eigenvalue weighted by atomic mass is 16.4. The van der Waals surface area contributed by atoms with Crippen molar-refractivity contribution < 1.29 is 9.90 Å². The molecule has 1 saturated carbocycles. The van der Waals surface area contributed by atoms with E-state index in [4.69, 9.17) is 0 Å². The maximum atomic E-state index is 11.3. The number of likely N-dealkylation sites (N-methyl/N-ethyl adjacent to an activating group) is 1. The molecule has 4 aliphatic rings. The van der Waals surface area contributed by atoms with Gasteiger partial charge in [0.25, 0.3) is 0 Å². The number of carboxylic acids is 1. The number of hydrogen-bond acceptors (Lipinski definition) is 3. The standard InChI is InChI=1S/C16H16N2O2/c1-18-8-10(16(19)20)5-12-11-3-2-4-13-15(11)9(7-17-13)6-14(12)18/h2-5,7,10,14-15H,6,8H2,1H3,(H,19,20)/t10-,14-,15?/m1/s1. The molecule has 0 amide bonds. The van der Waals surface area contributed by atoms with Gasteiger partial charge in [0.2, 0.25) is 0 Å². The second-order valence-electron chi connectivity index (χ2n) is 5.90. The third-order valence-electron chi connectivity index (χ3n) is 4.74. The summed E-state index contributed by atoms with van der Waals surface area (Å²) >= 11 is 0. The Morgan fingerprint density at radius 2 is 2.30 bits per heavy atom. The summed E-state index contributed by atoms with van der Waals surface area (Å²) < 4.78 is 0. The minimum absolute atomic E-state index is 0.267. The molecule has 4 nitrogen and oxygen atoms in total. The molecule has 0 aromatic rings. The van der Waals surface area contributed by atoms with Crippen LogP contribution in [0.5, 0.6) is 0 Å². The van der Waals surface area contributed by atoms with E-state index in [-0.39, 0.29) is 5.92 Å². The molecule has 0 aromatic carbocycles. The summed E-state index contributed by atoms with van der Waals surface area (Å²) in [6.45, 7) is 0.582. The van der Waals surface area contributed by atoms with Crippen LogP contribution in [0.25, 0.3) is 0 Å². The van der Waals surface area contributed by atoms with Gasteiger partial charge in [-0.2, -0.15) is 0 Å². The number of fused-ring (bicyclic) bond motifs is 2. The van der Waals surface area contributed by atoms with E-state index in [1.165, 1.54) is 16.7 Å². The van der Waals surface area contributed by atoms with Gasteiger partial charge in [0.1, 0.15) is 0 Å². The predicted molar refractivity (Wildman–Crippen MR) is 76.5 cm³/mol. The third kappa shape index (κ3) is 1.51. The van der Waals surface area contributed by atoms with Gasteiger partial charge in [0.15, 0.2) is 0 Å². The number of nitrogens with zero attached hydrogens (tertiary/aromatic N) is 2. The number of carboxylic acid groups (broad SMARTS) is 1. The first-order valence-electron chi connectivity index (χ1n) is 6.95. The first kappa shape index (κ1) is 11.9. The number of carbonyl (C=O) groups is 1. The highest BCUT2D eigenvalue weighted by molar-refractivity contribution is 6.05. The molecule has 1 N–H and O–H groups in total. The highest BCUT2D eigenvalue weighted by Gasteiger charge is 2.42. The molecule has 2 aliphatic carbocycles. The predicted octanol–water partition coefficient (Wildman–Crippen LogP) is 1.78. The van der Waals surface area contributed by atoms with E-state index in [0.717, 1.165) is 12.1 Å². The van der Waals surface area contributed by atoms with Gasteiger partial charge in [-0.3, -0.25) is 14.7 Å². The lowest BCUT2D eigenvalue weighted by molar-refractivity contribution is -0.140. The zero-order chi connectivity index (χ0) is 13.9. The molecule has 1 unspecified atom stereocenters.